The van der Waals surface area contributed by atoms with Crippen LogP contribution in [-0.2, 0) is 42.2 Å². The van der Waals surface area contributed by atoms with Crippen LogP contribution in [0.1, 0.15) is 41.6 Å². The van der Waals surface area contributed by atoms with Crippen LogP contribution in [-0.4, -0.2) is 135 Å². The van der Waals surface area contributed by atoms with Crippen molar-refractivity contribution in [1.82, 2.24) is 30.1 Å². The summed E-state index contributed by atoms with van der Waals surface area (Å²) >= 11 is 6.55. The summed E-state index contributed by atoms with van der Waals surface area (Å²) in [6, 6.07) is 19.2. The zero-order valence-electron chi connectivity index (χ0n) is 38.9. The van der Waals surface area contributed by atoms with Crippen LogP contribution in [0.15, 0.2) is 77.7 Å². The quantitative estimate of drug-likeness (QED) is 0.0617. The number of carbonyl (C=O) groups excluding carboxylic acids is 4. The summed E-state index contributed by atoms with van der Waals surface area (Å²) < 4.78 is 42.2. The van der Waals surface area contributed by atoms with Crippen LogP contribution in [0.2, 0.25) is 5.02 Å². The molecule has 0 bridgehead atoms. The summed E-state index contributed by atoms with van der Waals surface area (Å²) in [5.41, 5.74) is 2.32. The van der Waals surface area contributed by atoms with Crippen LogP contribution >= 0.6 is 11.6 Å². The van der Waals surface area contributed by atoms with Gasteiger partial charge in [-0.2, -0.15) is 4.98 Å². The van der Waals surface area contributed by atoms with Gasteiger partial charge >= 0.3 is 0 Å². The Morgan fingerprint density at radius 1 is 0.814 bits per heavy atom. The lowest BCUT2D eigenvalue weighted by Crippen LogP contribution is -2.52. The highest BCUT2D eigenvalue weighted by molar-refractivity contribution is 6.33. The van der Waals surface area contributed by atoms with Crippen LogP contribution in [0.25, 0.3) is 10.9 Å². The number of imide groups is 1. The third-order valence-electron chi connectivity index (χ3n) is 11.9. The van der Waals surface area contributed by atoms with Gasteiger partial charge in [-0.15, -0.1) is 0 Å². The Kier molecular flexibility index (Phi) is 16.6. The molecule has 4 amide bonds. The Hall–Kier alpha value is -7.00. The van der Waals surface area contributed by atoms with Gasteiger partial charge in [-0.25, -0.2) is 4.98 Å². The number of pyridine rings is 1. The molecule has 3 aromatic carbocycles. The molecule has 0 radical (unpaired) electrons. The van der Waals surface area contributed by atoms with Crippen LogP contribution in [0.5, 0.6) is 23.0 Å². The molecule has 2 aromatic heterocycles. The molecule has 2 saturated heterocycles. The van der Waals surface area contributed by atoms with Crippen LogP contribution in [0.3, 0.4) is 0 Å². The van der Waals surface area contributed by atoms with Gasteiger partial charge < -0.3 is 58.2 Å². The summed E-state index contributed by atoms with van der Waals surface area (Å²) in [5, 5.41) is 9.13. The average molecular weight is 983 g/mol. The molecule has 0 aliphatic carbocycles. The summed E-state index contributed by atoms with van der Waals surface area (Å²) in [7, 11) is 3.14. The van der Waals surface area contributed by atoms with E-state index in [1.165, 1.54) is 16.5 Å². The zero-order chi connectivity index (χ0) is 49.0. The molecular weight excluding hydrogens is 928 g/mol. The van der Waals surface area contributed by atoms with E-state index in [1.54, 1.807) is 37.5 Å². The van der Waals surface area contributed by atoms with Gasteiger partial charge in [0.25, 0.3) is 17.4 Å². The number of benzene rings is 3. The van der Waals surface area contributed by atoms with E-state index in [-0.39, 0.29) is 54.7 Å². The number of hydrogen-bond donors (Lipinski definition) is 3. The van der Waals surface area contributed by atoms with Crippen molar-refractivity contribution in [1.29, 1.82) is 0 Å². The lowest BCUT2D eigenvalue weighted by molar-refractivity contribution is -0.137. The molecular formula is C49H55ClN8O12. The number of anilines is 3. The topological polar surface area (TPSA) is 223 Å². The van der Waals surface area contributed by atoms with E-state index in [0.717, 1.165) is 18.4 Å². The molecule has 2 fully saturated rings. The maximum Gasteiger partial charge on any atom is 0.293 e. The fourth-order valence-electron chi connectivity index (χ4n) is 8.22. The second-order valence-electron chi connectivity index (χ2n) is 16.6. The number of piperidine rings is 2. The van der Waals surface area contributed by atoms with Gasteiger partial charge in [0.15, 0.2) is 29.7 Å². The van der Waals surface area contributed by atoms with E-state index in [1.807, 2.05) is 42.5 Å². The van der Waals surface area contributed by atoms with E-state index in [9.17, 15) is 24.0 Å². The van der Waals surface area contributed by atoms with E-state index >= 15 is 0 Å². The first-order chi connectivity index (χ1) is 34.0. The average Bonchev–Trinajstić information content (AvgIpc) is 3.69. The number of aromatic nitrogens is 3. The first kappa shape index (κ1) is 49.4. The van der Waals surface area contributed by atoms with Crippen molar-refractivity contribution >= 4 is 63.6 Å². The van der Waals surface area contributed by atoms with Crippen molar-refractivity contribution in [2.24, 2.45) is 7.05 Å². The molecule has 21 heteroatoms. The summed E-state index contributed by atoms with van der Waals surface area (Å²) in [4.78, 5) is 74.1. The van der Waals surface area contributed by atoms with Crippen LogP contribution in [0.4, 0.5) is 17.5 Å². The van der Waals surface area contributed by atoms with Gasteiger partial charge in [-0.1, -0.05) is 23.7 Å². The molecule has 5 aromatic rings. The van der Waals surface area contributed by atoms with Gasteiger partial charge in [0.05, 0.1) is 51.4 Å². The summed E-state index contributed by atoms with van der Waals surface area (Å²) in [6.45, 7) is 4.26. The number of carbonyl (C=O) groups is 4. The first-order valence-electron chi connectivity index (χ1n) is 23.1. The number of ether oxygens (including phenoxy) is 7. The van der Waals surface area contributed by atoms with Crippen molar-refractivity contribution in [2.45, 2.75) is 44.4 Å². The number of aryl methyl sites for hydroxylation is 1. The van der Waals surface area contributed by atoms with Gasteiger partial charge in [0.2, 0.25) is 17.8 Å². The Balaban J connectivity index is 0.693. The molecule has 370 valence electrons. The van der Waals surface area contributed by atoms with Crippen molar-refractivity contribution in [3.63, 3.8) is 0 Å². The number of halogens is 1. The Bertz CT molecular complexity index is 2750. The van der Waals surface area contributed by atoms with Crippen molar-refractivity contribution < 1.29 is 52.3 Å². The monoisotopic (exact) mass is 982 g/mol. The Morgan fingerprint density at radius 3 is 2.26 bits per heavy atom. The summed E-state index contributed by atoms with van der Waals surface area (Å²) in [5.74, 6) is 1.58. The largest absolute Gasteiger partial charge is 0.491 e. The Morgan fingerprint density at radius 2 is 1.53 bits per heavy atom. The first-order valence-corrected chi connectivity index (χ1v) is 23.5. The number of fused-ring (bicyclic) bond motifs is 2. The second kappa shape index (κ2) is 23.5. The molecule has 1 atom stereocenters. The molecule has 70 heavy (non-hydrogen) atoms. The number of hydrogen-bond acceptors (Lipinski definition) is 16. The van der Waals surface area contributed by atoms with Gasteiger partial charge in [0, 0.05) is 69.6 Å². The van der Waals surface area contributed by atoms with Gasteiger partial charge in [0.1, 0.15) is 36.1 Å². The Labute approximate surface area is 408 Å². The van der Waals surface area contributed by atoms with E-state index in [2.05, 4.69) is 25.8 Å². The zero-order valence-corrected chi connectivity index (χ0v) is 39.7. The molecule has 8 rings (SSSR count). The molecule has 20 nitrogen and oxygen atoms in total. The number of nitrogens with one attached hydrogen (secondary N) is 3. The van der Waals surface area contributed by atoms with Gasteiger partial charge in [-0.3, -0.25) is 29.3 Å². The molecule has 0 spiro atoms. The van der Waals surface area contributed by atoms with Crippen LogP contribution < -0.4 is 45.4 Å². The summed E-state index contributed by atoms with van der Waals surface area (Å²) in [6.07, 6.45) is 3.50. The lowest BCUT2D eigenvalue weighted by atomic mass is 10.0. The standard InChI is InChI=1S/C49H55ClN8O12/c1-51-44(60)30-69-42-27-31-25-33(7-10-38(31)56(2)48(42)63)53-45-37(50)28-52-49(55-45)57-15-13-34(14-16-57)70-41-6-4-3-5-40(41)68-24-22-66-20-18-64-17-19-65-21-23-67-35-8-9-36-32(26-35)29-58(47(36)62)39-11-12-43(59)54-46(39)61/h3-10,25-28,34,39H,11-24,29-30H2,1-2H3,(H,51,60)(H,52,53,55)(H,54,59,61). The predicted octanol–water partition coefficient (Wildman–Crippen LogP) is 4.17. The van der Waals surface area contributed by atoms with E-state index < -0.39 is 11.9 Å². The maximum absolute atomic E-state index is 12.9. The maximum atomic E-state index is 12.9. The highest BCUT2D eigenvalue weighted by atomic mass is 35.5. The lowest BCUT2D eigenvalue weighted by Gasteiger charge is -2.32. The van der Waals surface area contributed by atoms with Gasteiger partial charge in [-0.05, 0) is 66.6 Å². The number of likely N-dealkylation sites (N-methyl/N-ethyl adjacent to an activating group) is 1. The molecule has 1 unspecified atom stereocenters. The smallest absolute Gasteiger partial charge is 0.293 e. The predicted molar refractivity (Wildman–Crippen MR) is 257 cm³/mol. The SMILES string of the molecule is CNC(=O)COc1cc2cc(Nc3nc(N4CCC(Oc5ccccc5OCCOCCOCCOCCOc5ccc6c(c5)CN(C5CCC(=O)NC5=O)C6=O)CC4)ncc3Cl)ccc2n(C)c1=O. The van der Waals surface area contributed by atoms with E-state index in [4.69, 9.17) is 49.7 Å². The van der Waals surface area contributed by atoms with Crippen molar-refractivity contribution in [3.05, 3.63) is 99.4 Å². The fourth-order valence-corrected chi connectivity index (χ4v) is 8.35. The molecule has 5 heterocycles. The number of para-hydroxylation sites is 2. The second-order valence-corrected chi connectivity index (χ2v) is 17.0. The van der Waals surface area contributed by atoms with Crippen molar-refractivity contribution in [3.8, 4) is 23.0 Å². The minimum Gasteiger partial charge on any atom is -0.491 e. The third kappa shape index (κ3) is 12.4. The number of amides is 4. The minimum absolute atomic E-state index is 0.0472. The fraction of sp³-hybridized carbons (Fsp3) is 0.408. The molecule has 3 N–H and O–H groups in total. The molecule has 3 aliphatic rings. The van der Waals surface area contributed by atoms with Crippen molar-refractivity contribution in [2.75, 3.05) is 89.8 Å². The normalized spacial score (nSPS) is 16.0. The highest BCUT2D eigenvalue weighted by Crippen LogP contribution is 2.33. The minimum atomic E-state index is -0.659. The molecule has 0 saturated carbocycles. The number of nitrogens with zero attached hydrogens (tertiary/aromatic N) is 5. The van der Waals surface area contributed by atoms with Crippen LogP contribution in [0, 0.1) is 0 Å². The van der Waals surface area contributed by atoms with E-state index in [0.29, 0.717) is 129 Å². The molecule has 3 aliphatic heterocycles. The number of rotatable bonds is 23. The third-order valence-corrected chi connectivity index (χ3v) is 12.2. The highest BCUT2D eigenvalue weighted by Gasteiger charge is 2.39.